The molecule has 14 heavy (non-hydrogen) atoms. The lowest BCUT2D eigenvalue weighted by molar-refractivity contribution is 0.278. The van der Waals surface area contributed by atoms with Gasteiger partial charge in [-0.3, -0.25) is 0 Å². The van der Waals surface area contributed by atoms with Crippen LogP contribution in [-0.2, 0) is 0 Å². The fraction of sp³-hybridized carbons (Fsp3) is 0.273. The summed E-state index contributed by atoms with van der Waals surface area (Å²) in [6.45, 7) is 5.00. The van der Waals surface area contributed by atoms with Crippen LogP contribution in [-0.4, -0.2) is 0 Å². The van der Waals surface area contributed by atoms with Crippen LogP contribution in [0.5, 0.6) is 5.75 Å². The van der Waals surface area contributed by atoms with E-state index in [0.717, 1.165) is 6.92 Å². The van der Waals surface area contributed by atoms with Crippen LogP contribution in [0.1, 0.15) is 20.8 Å². The quantitative estimate of drug-likeness (QED) is 0.649. The summed E-state index contributed by atoms with van der Waals surface area (Å²) in [4.78, 5) is 0. The lowest BCUT2D eigenvalue weighted by Gasteiger charge is -2.00. The molecule has 0 radical (unpaired) electrons. The van der Waals surface area contributed by atoms with Crippen LogP contribution in [0.25, 0.3) is 0 Å². The first-order valence-electron chi connectivity index (χ1n) is 4.45. The van der Waals surface area contributed by atoms with Gasteiger partial charge in [0.05, 0.1) is 0 Å². The van der Waals surface area contributed by atoms with Crippen molar-refractivity contribution in [3.63, 3.8) is 0 Å². The molecular formula is C11H14F2O. The summed E-state index contributed by atoms with van der Waals surface area (Å²) in [5.41, 5.74) is 0. The Hall–Kier alpha value is -1.38. The standard InChI is InChI=1S/C9H8F2O.C2H6/c1-7(10)9(11)12-8-5-3-2-4-6-8;1-2/h2-6H,1H3;1-2H3/b9-7-;. The third-order valence-electron chi connectivity index (χ3n) is 1.22. The SMILES string of the molecule is C/C(F)=C(\F)Oc1ccccc1.CC. The minimum Gasteiger partial charge on any atom is -0.430 e. The summed E-state index contributed by atoms with van der Waals surface area (Å²) in [6.07, 6.45) is 0. The van der Waals surface area contributed by atoms with Crippen molar-refractivity contribution in [2.75, 3.05) is 0 Å². The number of ether oxygens (including phenoxy) is 1. The first kappa shape index (κ1) is 12.6. The number of halogens is 2. The summed E-state index contributed by atoms with van der Waals surface area (Å²) < 4.78 is 29.2. The van der Waals surface area contributed by atoms with Crippen LogP contribution in [0.2, 0.25) is 0 Å². The summed E-state index contributed by atoms with van der Waals surface area (Å²) in [5.74, 6) is -0.675. The van der Waals surface area contributed by atoms with Crippen molar-refractivity contribution in [3.8, 4) is 5.75 Å². The van der Waals surface area contributed by atoms with E-state index in [0.29, 0.717) is 0 Å². The second-order valence-electron chi connectivity index (χ2n) is 2.22. The molecule has 0 aliphatic heterocycles. The van der Waals surface area contributed by atoms with Crippen molar-refractivity contribution in [2.24, 2.45) is 0 Å². The smallest absolute Gasteiger partial charge is 0.309 e. The van der Waals surface area contributed by atoms with Crippen molar-refractivity contribution in [3.05, 3.63) is 42.2 Å². The molecule has 1 aromatic rings. The summed E-state index contributed by atoms with van der Waals surface area (Å²) >= 11 is 0. The van der Waals surface area contributed by atoms with Gasteiger partial charge in [-0.25, -0.2) is 4.39 Å². The van der Waals surface area contributed by atoms with Crippen LogP contribution in [0.4, 0.5) is 8.78 Å². The Morgan fingerprint density at radius 1 is 1.07 bits per heavy atom. The summed E-state index contributed by atoms with van der Waals surface area (Å²) in [5, 5.41) is 0. The highest BCUT2D eigenvalue weighted by Crippen LogP contribution is 2.16. The molecule has 0 aromatic heterocycles. The monoisotopic (exact) mass is 200 g/mol. The van der Waals surface area contributed by atoms with Crippen molar-refractivity contribution in [1.82, 2.24) is 0 Å². The van der Waals surface area contributed by atoms with Gasteiger partial charge >= 0.3 is 6.01 Å². The van der Waals surface area contributed by atoms with Gasteiger partial charge in [0.2, 0.25) is 0 Å². The van der Waals surface area contributed by atoms with Crippen molar-refractivity contribution in [2.45, 2.75) is 20.8 Å². The maximum absolute atomic E-state index is 12.5. The highest BCUT2D eigenvalue weighted by Gasteiger charge is 2.02. The van der Waals surface area contributed by atoms with E-state index in [4.69, 9.17) is 0 Å². The molecule has 78 valence electrons. The second-order valence-corrected chi connectivity index (χ2v) is 2.22. The van der Waals surface area contributed by atoms with E-state index >= 15 is 0 Å². The van der Waals surface area contributed by atoms with Crippen LogP contribution in [0, 0.1) is 0 Å². The molecule has 1 aromatic carbocycles. The lowest BCUT2D eigenvalue weighted by atomic mass is 10.3. The van der Waals surface area contributed by atoms with Gasteiger partial charge in [0.15, 0.2) is 5.83 Å². The summed E-state index contributed by atoms with van der Waals surface area (Å²) in [7, 11) is 0. The molecule has 0 spiro atoms. The molecule has 0 N–H and O–H groups in total. The number of rotatable bonds is 2. The van der Waals surface area contributed by atoms with E-state index in [1.807, 2.05) is 13.8 Å². The molecule has 0 saturated heterocycles. The van der Waals surface area contributed by atoms with Gasteiger partial charge in [0.1, 0.15) is 5.75 Å². The van der Waals surface area contributed by atoms with E-state index < -0.39 is 11.8 Å². The Morgan fingerprint density at radius 3 is 2.00 bits per heavy atom. The van der Waals surface area contributed by atoms with E-state index in [2.05, 4.69) is 4.74 Å². The number of hydrogen-bond acceptors (Lipinski definition) is 1. The van der Waals surface area contributed by atoms with Crippen LogP contribution in [0.3, 0.4) is 0 Å². The van der Waals surface area contributed by atoms with Crippen LogP contribution >= 0.6 is 0 Å². The predicted molar refractivity (Wildman–Crippen MR) is 53.3 cm³/mol. The van der Waals surface area contributed by atoms with E-state index in [9.17, 15) is 8.78 Å². The third-order valence-corrected chi connectivity index (χ3v) is 1.22. The highest BCUT2D eigenvalue weighted by atomic mass is 19.2. The molecule has 0 saturated carbocycles. The Kier molecular flexibility index (Phi) is 6.37. The maximum atomic E-state index is 12.5. The first-order valence-corrected chi connectivity index (χ1v) is 4.45. The van der Waals surface area contributed by atoms with E-state index in [1.54, 1.807) is 30.3 Å². The van der Waals surface area contributed by atoms with Gasteiger partial charge in [-0.15, -0.1) is 0 Å². The second kappa shape index (κ2) is 7.06. The Bertz CT molecular complexity index is 277. The molecule has 1 nitrogen and oxygen atoms in total. The number of para-hydroxylation sites is 1. The van der Waals surface area contributed by atoms with Gasteiger partial charge in [-0.2, -0.15) is 4.39 Å². The van der Waals surface area contributed by atoms with Gasteiger partial charge in [-0.05, 0) is 19.1 Å². The highest BCUT2D eigenvalue weighted by molar-refractivity contribution is 5.22. The normalized spacial score (nSPS) is 10.9. The lowest BCUT2D eigenvalue weighted by Crippen LogP contribution is -1.89. The van der Waals surface area contributed by atoms with Gasteiger partial charge < -0.3 is 4.74 Å². The molecule has 0 bridgehead atoms. The summed E-state index contributed by atoms with van der Waals surface area (Å²) in [6, 6.07) is 7.01. The topological polar surface area (TPSA) is 9.23 Å². The minimum absolute atomic E-state index is 0.284. The molecule has 0 fully saturated rings. The molecule has 3 heteroatoms. The maximum Gasteiger partial charge on any atom is 0.309 e. The zero-order chi connectivity index (χ0) is 11.0. The van der Waals surface area contributed by atoms with Crippen molar-refractivity contribution >= 4 is 0 Å². The minimum atomic E-state index is -1.19. The average molecular weight is 200 g/mol. The first-order chi connectivity index (χ1) is 6.70. The van der Waals surface area contributed by atoms with Gasteiger partial charge in [-0.1, -0.05) is 32.0 Å². The molecule has 0 heterocycles. The number of hydrogen-bond donors (Lipinski definition) is 0. The zero-order valence-corrected chi connectivity index (χ0v) is 8.55. The fourth-order valence-electron chi connectivity index (χ4n) is 0.662. The number of allylic oxidation sites excluding steroid dienone is 1. The van der Waals surface area contributed by atoms with Crippen LogP contribution in [0.15, 0.2) is 42.2 Å². The molecule has 0 aliphatic rings. The van der Waals surface area contributed by atoms with E-state index in [-0.39, 0.29) is 5.75 Å². The largest absolute Gasteiger partial charge is 0.430 e. The average Bonchev–Trinajstić information content (AvgIpc) is 2.22. The van der Waals surface area contributed by atoms with Crippen molar-refractivity contribution in [1.29, 1.82) is 0 Å². The molecule has 0 unspecified atom stereocenters. The molecule has 1 rings (SSSR count). The van der Waals surface area contributed by atoms with E-state index in [1.165, 1.54) is 0 Å². The molecular weight excluding hydrogens is 186 g/mol. The van der Waals surface area contributed by atoms with Gasteiger partial charge in [0, 0.05) is 0 Å². The molecule has 0 atom stereocenters. The molecule has 0 aliphatic carbocycles. The van der Waals surface area contributed by atoms with Crippen molar-refractivity contribution < 1.29 is 13.5 Å². The predicted octanol–water partition coefficient (Wildman–Crippen LogP) is 4.22. The van der Waals surface area contributed by atoms with Gasteiger partial charge in [0.25, 0.3) is 0 Å². The molecule has 0 amide bonds. The Balaban J connectivity index is 0.000000791. The van der Waals surface area contributed by atoms with Crippen LogP contribution < -0.4 is 4.74 Å². The fourth-order valence-corrected chi connectivity index (χ4v) is 0.662. The zero-order valence-electron chi connectivity index (χ0n) is 8.55. The number of benzene rings is 1. The third kappa shape index (κ3) is 4.60. The Morgan fingerprint density at radius 2 is 1.57 bits per heavy atom. The Labute approximate surface area is 83.0 Å².